The number of rotatable bonds is 1. The van der Waals surface area contributed by atoms with Crippen LogP contribution in [0.3, 0.4) is 0 Å². The van der Waals surface area contributed by atoms with Crippen LogP contribution in [0.4, 0.5) is 0 Å². The Hall–Kier alpha value is -0.380. The van der Waals surface area contributed by atoms with E-state index in [0.717, 1.165) is 0 Å². The van der Waals surface area contributed by atoms with Gasteiger partial charge in [0.2, 0.25) is 5.79 Å². The van der Waals surface area contributed by atoms with E-state index in [9.17, 15) is 0 Å². The molecule has 1 N–H and O–H groups in total. The van der Waals surface area contributed by atoms with Crippen LogP contribution in [-0.2, 0) is 9.62 Å². The molecule has 3 nitrogen and oxygen atoms in total. The highest BCUT2D eigenvalue weighted by atomic mass is 17.1. The molecule has 0 aromatic carbocycles. The summed E-state index contributed by atoms with van der Waals surface area (Å²) in [6, 6.07) is 0. The van der Waals surface area contributed by atoms with Crippen LogP contribution in [0.15, 0.2) is 12.2 Å². The van der Waals surface area contributed by atoms with Crippen molar-refractivity contribution < 1.29 is 14.9 Å². The van der Waals surface area contributed by atoms with Gasteiger partial charge in [-0.3, -0.25) is 0 Å². The molecule has 0 aromatic rings. The molecule has 1 heterocycles. The van der Waals surface area contributed by atoms with Gasteiger partial charge in [-0.2, -0.15) is 4.89 Å². The van der Waals surface area contributed by atoms with Gasteiger partial charge in [0.15, 0.2) is 0 Å². The lowest BCUT2D eigenvalue weighted by Gasteiger charge is -2.15. The third kappa shape index (κ3) is 0.888. The molecule has 1 rings (SSSR count). The fourth-order valence-corrected chi connectivity index (χ4v) is 0.581. The molecule has 3 heteroatoms. The zero-order chi connectivity index (χ0) is 6.04. The Kier molecular flexibility index (Phi) is 1.33. The molecule has 0 bridgehead atoms. The summed E-state index contributed by atoms with van der Waals surface area (Å²) < 4.78 is 4.91. The Balaban J connectivity index is 2.54. The minimum absolute atomic E-state index is 0.511. The summed E-state index contributed by atoms with van der Waals surface area (Å²) in [7, 11) is 0. The number of hydrogen-bond donors (Lipinski definition) is 1. The van der Waals surface area contributed by atoms with E-state index in [4.69, 9.17) is 9.99 Å². The Labute approximate surface area is 47.5 Å². The summed E-state index contributed by atoms with van der Waals surface area (Å²) >= 11 is 0. The van der Waals surface area contributed by atoms with Gasteiger partial charge in [-0.25, -0.2) is 5.26 Å². The highest BCUT2D eigenvalue weighted by Crippen LogP contribution is 2.17. The van der Waals surface area contributed by atoms with Gasteiger partial charge in [-0.1, -0.05) is 6.08 Å². The molecule has 0 fully saturated rings. The first-order valence-electron chi connectivity index (χ1n) is 2.41. The monoisotopic (exact) mass is 116 g/mol. The van der Waals surface area contributed by atoms with Crippen LogP contribution < -0.4 is 0 Å². The van der Waals surface area contributed by atoms with Crippen LogP contribution in [0.25, 0.3) is 0 Å². The van der Waals surface area contributed by atoms with E-state index in [2.05, 4.69) is 4.89 Å². The average Bonchev–Trinajstić information content (AvgIpc) is 2.17. The van der Waals surface area contributed by atoms with Crippen LogP contribution in [-0.4, -0.2) is 17.7 Å². The molecule has 1 aliphatic rings. The Bertz CT molecular complexity index is 110. The summed E-state index contributed by atoms with van der Waals surface area (Å²) in [6.45, 7) is 2.15. The first kappa shape index (κ1) is 5.75. The van der Waals surface area contributed by atoms with Gasteiger partial charge in [-0.15, -0.1) is 0 Å². The lowest BCUT2D eigenvalue weighted by Crippen LogP contribution is -2.24. The second kappa shape index (κ2) is 1.85. The lowest BCUT2D eigenvalue weighted by molar-refractivity contribution is -0.371. The molecule has 0 saturated heterocycles. The minimum atomic E-state index is -0.889. The Morgan fingerprint density at radius 2 is 2.62 bits per heavy atom. The van der Waals surface area contributed by atoms with Crippen molar-refractivity contribution in [1.29, 1.82) is 0 Å². The summed E-state index contributed by atoms with van der Waals surface area (Å²) in [4.78, 5) is 3.99. The van der Waals surface area contributed by atoms with Crippen LogP contribution in [0.5, 0.6) is 0 Å². The molecule has 1 aliphatic heterocycles. The molecule has 1 atom stereocenters. The topological polar surface area (TPSA) is 38.7 Å². The molecular formula is C5H8O3. The maximum Gasteiger partial charge on any atom is 0.218 e. The Morgan fingerprint density at radius 1 is 1.88 bits per heavy atom. The van der Waals surface area contributed by atoms with E-state index in [-0.39, 0.29) is 0 Å². The summed E-state index contributed by atoms with van der Waals surface area (Å²) in [6.07, 6.45) is 3.45. The van der Waals surface area contributed by atoms with Crippen LogP contribution in [0, 0.1) is 0 Å². The van der Waals surface area contributed by atoms with E-state index in [1.165, 1.54) is 0 Å². The second-order valence-electron chi connectivity index (χ2n) is 1.82. The van der Waals surface area contributed by atoms with Crippen molar-refractivity contribution >= 4 is 0 Å². The van der Waals surface area contributed by atoms with Crippen molar-refractivity contribution in [2.75, 3.05) is 6.61 Å². The van der Waals surface area contributed by atoms with Gasteiger partial charge in [0, 0.05) is 0 Å². The zero-order valence-corrected chi connectivity index (χ0v) is 4.63. The number of hydrogen-bond acceptors (Lipinski definition) is 3. The van der Waals surface area contributed by atoms with Crippen LogP contribution >= 0.6 is 0 Å². The maximum absolute atomic E-state index is 8.15. The van der Waals surface area contributed by atoms with Crippen molar-refractivity contribution in [3.05, 3.63) is 12.2 Å². The molecule has 0 aromatic heterocycles. The van der Waals surface area contributed by atoms with Crippen molar-refractivity contribution in [3.8, 4) is 0 Å². The normalized spacial score (nSPS) is 36.2. The zero-order valence-electron chi connectivity index (χ0n) is 4.63. The third-order valence-corrected chi connectivity index (χ3v) is 1.07. The summed E-state index contributed by atoms with van der Waals surface area (Å²) in [5, 5.41) is 8.15. The van der Waals surface area contributed by atoms with E-state index in [1.807, 2.05) is 0 Å². The molecule has 0 radical (unpaired) electrons. The first-order chi connectivity index (χ1) is 3.77. The number of ether oxygens (including phenoxy) is 1. The minimum Gasteiger partial charge on any atom is -0.340 e. The predicted octanol–water partition coefficient (Wildman–Crippen LogP) is 0.779. The third-order valence-electron chi connectivity index (χ3n) is 1.07. The fourth-order valence-electron chi connectivity index (χ4n) is 0.581. The van der Waals surface area contributed by atoms with Gasteiger partial charge < -0.3 is 4.74 Å². The van der Waals surface area contributed by atoms with Crippen molar-refractivity contribution in [1.82, 2.24) is 0 Å². The summed E-state index contributed by atoms with van der Waals surface area (Å²) in [5.41, 5.74) is 0. The van der Waals surface area contributed by atoms with E-state index >= 15 is 0 Å². The van der Waals surface area contributed by atoms with Gasteiger partial charge in [-0.05, 0) is 13.0 Å². The van der Waals surface area contributed by atoms with Crippen molar-refractivity contribution in [2.24, 2.45) is 0 Å². The van der Waals surface area contributed by atoms with Crippen molar-refractivity contribution in [2.45, 2.75) is 12.7 Å². The molecule has 46 valence electrons. The van der Waals surface area contributed by atoms with E-state index in [1.54, 1.807) is 19.1 Å². The molecule has 0 spiro atoms. The highest BCUT2D eigenvalue weighted by molar-refractivity contribution is 4.98. The van der Waals surface area contributed by atoms with Crippen LogP contribution in [0.2, 0.25) is 0 Å². The molecular weight excluding hydrogens is 108 g/mol. The van der Waals surface area contributed by atoms with E-state index in [0.29, 0.717) is 6.61 Å². The van der Waals surface area contributed by atoms with Gasteiger partial charge in [0.1, 0.15) is 0 Å². The summed E-state index contributed by atoms with van der Waals surface area (Å²) in [5.74, 6) is -0.889. The molecule has 0 amide bonds. The SMILES string of the molecule is CC1(OO)C=CCO1. The lowest BCUT2D eigenvalue weighted by atomic mass is 10.3. The largest absolute Gasteiger partial charge is 0.340 e. The standard InChI is InChI=1S/C5H8O3/c1-5(8-6)3-2-4-7-5/h2-3,6H,4H2,1H3. The van der Waals surface area contributed by atoms with Gasteiger partial charge in [0.25, 0.3) is 0 Å². The maximum atomic E-state index is 8.15. The molecule has 0 saturated carbocycles. The fraction of sp³-hybridized carbons (Fsp3) is 0.600. The Morgan fingerprint density at radius 3 is 2.88 bits per heavy atom. The quantitative estimate of drug-likeness (QED) is 0.312. The van der Waals surface area contributed by atoms with E-state index < -0.39 is 5.79 Å². The predicted molar refractivity (Wildman–Crippen MR) is 27.2 cm³/mol. The van der Waals surface area contributed by atoms with Gasteiger partial charge in [0.05, 0.1) is 6.61 Å². The first-order valence-corrected chi connectivity index (χ1v) is 2.41. The average molecular weight is 116 g/mol. The smallest absolute Gasteiger partial charge is 0.218 e. The molecule has 8 heavy (non-hydrogen) atoms. The molecule has 1 unspecified atom stereocenters. The highest BCUT2D eigenvalue weighted by Gasteiger charge is 2.25. The second-order valence-corrected chi connectivity index (χ2v) is 1.82. The molecule has 0 aliphatic carbocycles. The van der Waals surface area contributed by atoms with Crippen molar-refractivity contribution in [3.63, 3.8) is 0 Å². The van der Waals surface area contributed by atoms with Gasteiger partial charge >= 0.3 is 0 Å². The van der Waals surface area contributed by atoms with Crippen LogP contribution in [0.1, 0.15) is 6.92 Å².